The molecule has 1 N–H and O–H groups in total. The van der Waals surface area contributed by atoms with Gasteiger partial charge in [0.2, 0.25) is 5.91 Å². The molecule has 2 aromatic carbocycles. The topological polar surface area (TPSA) is 83.4 Å². The SMILES string of the molecule is CC1(CC(=O)O)CC(c2cccc(Cl)c2)C(c2ccc(Cl)cc2)N(CCCc2cnccn2)C1=O. The number of halogens is 2. The molecule has 1 amide bonds. The number of likely N-dealkylation sites (tertiary alicyclic amines) is 1. The van der Waals surface area contributed by atoms with Crippen molar-refractivity contribution in [3.8, 4) is 0 Å². The van der Waals surface area contributed by atoms with Gasteiger partial charge in [-0.15, -0.1) is 0 Å². The lowest BCUT2D eigenvalue weighted by Crippen LogP contribution is -2.52. The summed E-state index contributed by atoms with van der Waals surface area (Å²) in [6, 6.07) is 14.8. The summed E-state index contributed by atoms with van der Waals surface area (Å²) in [5.41, 5.74) is 1.72. The molecule has 35 heavy (non-hydrogen) atoms. The molecule has 0 saturated carbocycles. The smallest absolute Gasteiger partial charge is 0.304 e. The average Bonchev–Trinajstić information content (AvgIpc) is 2.83. The Morgan fingerprint density at radius 1 is 1.11 bits per heavy atom. The Bertz CT molecular complexity index is 1190. The molecule has 1 fully saturated rings. The number of aromatic nitrogens is 2. The number of nitrogens with zero attached hydrogens (tertiary/aromatic N) is 3. The molecule has 4 rings (SSSR count). The molecule has 1 saturated heterocycles. The van der Waals surface area contributed by atoms with E-state index in [9.17, 15) is 14.7 Å². The highest BCUT2D eigenvalue weighted by Crippen LogP contribution is 2.51. The van der Waals surface area contributed by atoms with Crippen LogP contribution in [0.2, 0.25) is 10.0 Å². The van der Waals surface area contributed by atoms with E-state index in [2.05, 4.69) is 9.97 Å². The van der Waals surface area contributed by atoms with E-state index in [0.717, 1.165) is 16.8 Å². The van der Waals surface area contributed by atoms with Gasteiger partial charge >= 0.3 is 5.97 Å². The highest BCUT2D eigenvalue weighted by Gasteiger charge is 2.50. The molecule has 3 aromatic rings. The zero-order chi connectivity index (χ0) is 25.0. The first-order valence-electron chi connectivity index (χ1n) is 11.6. The van der Waals surface area contributed by atoms with Gasteiger partial charge in [-0.1, -0.05) is 54.4 Å². The van der Waals surface area contributed by atoms with Gasteiger partial charge in [0.05, 0.1) is 23.6 Å². The second-order valence-corrected chi connectivity index (χ2v) is 10.2. The molecule has 3 unspecified atom stereocenters. The first-order valence-corrected chi connectivity index (χ1v) is 12.3. The van der Waals surface area contributed by atoms with Crippen molar-refractivity contribution in [2.24, 2.45) is 5.41 Å². The van der Waals surface area contributed by atoms with Crippen LogP contribution in [0.3, 0.4) is 0 Å². The van der Waals surface area contributed by atoms with Gasteiger partial charge in [0.1, 0.15) is 0 Å². The summed E-state index contributed by atoms with van der Waals surface area (Å²) in [6.45, 7) is 2.21. The Labute approximate surface area is 214 Å². The van der Waals surface area contributed by atoms with Crippen LogP contribution in [-0.2, 0) is 16.0 Å². The number of hydrogen-bond acceptors (Lipinski definition) is 4. The van der Waals surface area contributed by atoms with Crippen LogP contribution < -0.4 is 0 Å². The van der Waals surface area contributed by atoms with Crippen LogP contribution in [0, 0.1) is 5.41 Å². The number of aliphatic carboxylic acids is 1. The lowest BCUT2D eigenvalue weighted by Gasteiger charge is -2.49. The van der Waals surface area contributed by atoms with Crippen molar-refractivity contribution in [2.75, 3.05) is 6.54 Å². The number of hydrogen-bond donors (Lipinski definition) is 1. The lowest BCUT2D eigenvalue weighted by molar-refractivity contribution is -0.157. The van der Waals surface area contributed by atoms with Gasteiger partial charge < -0.3 is 10.0 Å². The molecule has 8 heteroatoms. The first-order chi connectivity index (χ1) is 16.8. The van der Waals surface area contributed by atoms with Crippen LogP contribution in [0.5, 0.6) is 0 Å². The van der Waals surface area contributed by atoms with E-state index in [1.165, 1.54) is 0 Å². The minimum absolute atomic E-state index is 0.145. The minimum Gasteiger partial charge on any atom is -0.481 e. The van der Waals surface area contributed by atoms with Gasteiger partial charge in [0.15, 0.2) is 0 Å². The first kappa shape index (κ1) is 25.1. The lowest BCUT2D eigenvalue weighted by atomic mass is 9.67. The van der Waals surface area contributed by atoms with E-state index < -0.39 is 11.4 Å². The van der Waals surface area contributed by atoms with E-state index in [0.29, 0.717) is 35.9 Å². The second-order valence-electron chi connectivity index (χ2n) is 9.29. The summed E-state index contributed by atoms with van der Waals surface area (Å²) >= 11 is 12.5. The number of carboxylic acids is 1. The minimum atomic E-state index is -1.05. The van der Waals surface area contributed by atoms with Crippen molar-refractivity contribution >= 4 is 35.1 Å². The maximum Gasteiger partial charge on any atom is 0.304 e. The zero-order valence-corrected chi connectivity index (χ0v) is 20.9. The van der Waals surface area contributed by atoms with E-state index in [-0.39, 0.29) is 24.3 Å². The van der Waals surface area contributed by atoms with E-state index in [1.54, 1.807) is 25.5 Å². The molecular weight excluding hydrogens is 485 g/mol. The summed E-state index contributed by atoms with van der Waals surface area (Å²) < 4.78 is 0. The maximum absolute atomic E-state index is 13.9. The Kier molecular flexibility index (Phi) is 7.72. The van der Waals surface area contributed by atoms with Crippen LogP contribution >= 0.6 is 23.2 Å². The van der Waals surface area contributed by atoms with E-state index >= 15 is 0 Å². The maximum atomic E-state index is 13.9. The van der Waals surface area contributed by atoms with Crippen molar-refractivity contribution in [1.29, 1.82) is 0 Å². The van der Waals surface area contributed by atoms with Crippen LogP contribution in [0.25, 0.3) is 0 Å². The summed E-state index contributed by atoms with van der Waals surface area (Å²) in [4.78, 5) is 36.0. The Morgan fingerprint density at radius 2 is 1.89 bits per heavy atom. The van der Waals surface area contributed by atoms with Crippen molar-refractivity contribution < 1.29 is 14.7 Å². The number of carbonyl (C=O) groups is 2. The number of carboxylic acid groups (broad SMARTS) is 1. The number of carbonyl (C=O) groups excluding carboxylic acids is 1. The third-order valence-electron chi connectivity index (χ3n) is 6.64. The van der Waals surface area contributed by atoms with Gasteiger partial charge in [0, 0.05) is 41.1 Å². The number of aryl methyl sites for hydroxylation is 1. The van der Waals surface area contributed by atoms with Crippen molar-refractivity contribution in [2.45, 2.75) is 44.6 Å². The van der Waals surface area contributed by atoms with Gasteiger partial charge in [-0.05, 0) is 54.7 Å². The molecule has 0 spiro atoms. The van der Waals surface area contributed by atoms with Crippen LogP contribution in [0.1, 0.15) is 55.0 Å². The van der Waals surface area contributed by atoms with Gasteiger partial charge in [-0.2, -0.15) is 0 Å². The molecular formula is C27H27Cl2N3O3. The zero-order valence-electron chi connectivity index (χ0n) is 19.4. The molecule has 0 aliphatic carbocycles. The van der Waals surface area contributed by atoms with Crippen LogP contribution in [0.15, 0.2) is 67.1 Å². The average molecular weight is 512 g/mol. The quantitative estimate of drug-likeness (QED) is 0.403. The Hall–Kier alpha value is -2.96. The second kappa shape index (κ2) is 10.8. The van der Waals surface area contributed by atoms with Crippen LogP contribution in [-0.4, -0.2) is 38.4 Å². The monoisotopic (exact) mass is 511 g/mol. The molecule has 0 radical (unpaired) electrons. The predicted molar refractivity (Wildman–Crippen MR) is 135 cm³/mol. The molecule has 1 aromatic heterocycles. The fraction of sp³-hybridized carbons (Fsp3) is 0.333. The highest BCUT2D eigenvalue weighted by molar-refractivity contribution is 6.30. The molecule has 1 aliphatic rings. The fourth-order valence-corrected chi connectivity index (χ4v) is 5.42. The molecule has 6 nitrogen and oxygen atoms in total. The number of piperidine rings is 1. The molecule has 182 valence electrons. The van der Waals surface area contributed by atoms with Crippen molar-refractivity contribution in [1.82, 2.24) is 14.9 Å². The standard InChI is InChI=1S/C27H27Cl2N3O3/c1-27(16-24(33)34)15-23(19-4-2-5-21(29)14-19)25(18-7-9-20(28)10-8-18)32(26(27)35)13-3-6-22-17-30-11-12-31-22/h2,4-5,7-12,14,17,23,25H,3,6,13,15-16H2,1H3,(H,33,34). The van der Waals surface area contributed by atoms with Gasteiger partial charge in [0.25, 0.3) is 0 Å². The fourth-order valence-electron chi connectivity index (χ4n) is 5.10. The Balaban J connectivity index is 1.75. The van der Waals surface area contributed by atoms with E-state index in [4.69, 9.17) is 23.2 Å². The third-order valence-corrected chi connectivity index (χ3v) is 7.13. The summed E-state index contributed by atoms with van der Waals surface area (Å²) in [5.74, 6) is -1.29. The predicted octanol–water partition coefficient (Wildman–Crippen LogP) is 5.95. The largest absolute Gasteiger partial charge is 0.481 e. The summed E-state index contributed by atoms with van der Waals surface area (Å²) in [5, 5.41) is 10.9. The van der Waals surface area contributed by atoms with Gasteiger partial charge in [-0.25, -0.2) is 0 Å². The number of amides is 1. The van der Waals surface area contributed by atoms with Crippen molar-refractivity contribution in [3.05, 3.63) is 94.0 Å². The van der Waals surface area contributed by atoms with E-state index in [1.807, 2.05) is 53.4 Å². The number of rotatable bonds is 8. The van der Waals surface area contributed by atoms with Crippen LogP contribution in [0.4, 0.5) is 0 Å². The Morgan fingerprint density at radius 3 is 2.54 bits per heavy atom. The molecule has 0 bridgehead atoms. The summed E-state index contributed by atoms with van der Waals surface area (Å²) in [6.07, 6.45) is 6.47. The van der Waals surface area contributed by atoms with Gasteiger partial charge in [-0.3, -0.25) is 19.6 Å². The van der Waals surface area contributed by atoms with Crippen molar-refractivity contribution in [3.63, 3.8) is 0 Å². The third kappa shape index (κ3) is 5.82. The highest BCUT2D eigenvalue weighted by atomic mass is 35.5. The molecule has 3 atom stereocenters. The molecule has 1 aliphatic heterocycles. The normalized spacial score (nSPS) is 22.3. The summed E-state index contributed by atoms with van der Waals surface area (Å²) in [7, 11) is 0. The number of benzene rings is 2. The molecule has 2 heterocycles.